The smallest absolute Gasteiger partial charge is 0.382 e. The van der Waals surface area contributed by atoms with E-state index in [0.717, 1.165) is 0 Å². The lowest BCUT2D eigenvalue weighted by molar-refractivity contribution is -0.148. The lowest BCUT2D eigenvalue weighted by Crippen LogP contribution is -2.43. The van der Waals surface area contributed by atoms with Gasteiger partial charge in [-0.15, -0.1) is 0 Å². The molecule has 1 atom stereocenters. The van der Waals surface area contributed by atoms with E-state index in [0.29, 0.717) is 24.2 Å². The topological polar surface area (TPSA) is 128 Å². The van der Waals surface area contributed by atoms with Crippen LogP contribution in [0.4, 0.5) is 30.8 Å². The second-order valence-electron chi connectivity index (χ2n) is 8.40. The quantitative estimate of drug-likeness (QED) is 0.451. The Morgan fingerprint density at radius 3 is 2.51 bits per heavy atom. The molecule has 188 valence electrons. The molecule has 0 bridgehead atoms. The number of halogens is 5. The van der Waals surface area contributed by atoms with Crippen LogP contribution in [0.15, 0.2) is 23.0 Å². The molecule has 1 fully saturated rings. The van der Waals surface area contributed by atoms with Crippen LogP contribution in [0.5, 0.6) is 0 Å². The molecule has 0 radical (unpaired) electrons. The number of nitrogens with one attached hydrogen (secondary N) is 1. The summed E-state index contributed by atoms with van der Waals surface area (Å²) in [6, 6.07) is 3.96. The van der Waals surface area contributed by atoms with Crippen LogP contribution in [0.3, 0.4) is 0 Å². The van der Waals surface area contributed by atoms with Crippen molar-refractivity contribution in [3.05, 3.63) is 44.4 Å². The number of likely N-dealkylation sites (tertiary alicyclic amines) is 1. The molecule has 3 aromatic rings. The van der Waals surface area contributed by atoms with Gasteiger partial charge in [-0.05, 0) is 31.9 Å². The number of nitrogens with two attached hydrogens (primary N) is 2. The van der Waals surface area contributed by atoms with Crippen molar-refractivity contribution in [2.24, 2.45) is 0 Å². The number of alkyl halides is 3. The van der Waals surface area contributed by atoms with Gasteiger partial charge in [0.1, 0.15) is 16.7 Å². The summed E-state index contributed by atoms with van der Waals surface area (Å²) in [5.74, 6) is 0.415. The van der Waals surface area contributed by atoms with E-state index in [4.69, 9.17) is 39.7 Å². The maximum Gasteiger partial charge on any atom is 0.401 e. The first kappa shape index (κ1) is 25.3. The van der Waals surface area contributed by atoms with Crippen molar-refractivity contribution in [2.45, 2.75) is 38.0 Å². The van der Waals surface area contributed by atoms with E-state index in [9.17, 15) is 18.0 Å². The number of aromatic nitrogens is 4. The van der Waals surface area contributed by atoms with Gasteiger partial charge in [0, 0.05) is 19.1 Å². The molecular formula is C21H23Cl2F3N8O. The van der Waals surface area contributed by atoms with E-state index in [-0.39, 0.29) is 57.7 Å². The minimum atomic E-state index is -4.29. The Kier molecular flexibility index (Phi) is 6.98. The first-order valence-electron chi connectivity index (χ1n) is 10.8. The molecule has 0 aliphatic carbocycles. The maximum atomic E-state index is 13.6. The van der Waals surface area contributed by atoms with Gasteiger partial charge in [0.05, 0.1) is 28.5 Å². The Balaban J connectivity index is 1.74. The van der Waals surface area contributed by atoms with Gasteiger partial charge in [-0.3, -0.25) is 14.3 Å². The molecule has 1 unspecified atom stereocenters. The van der Waals surface area contributed by atoms with Crippen molar-refractivity contribution >= 4 is 51.7 Å². The van der Waals surface area contributed by atoms with Crippen LogP contribution >= 0.6 is 23.2 Å². The summed E-state index contributed by atoms with van der Waals surface area (Å²) >= 11 is 12.6. The molecule has 0 spiro atoms. The van der Waals surface area contributed by atoms with Gasteiger partial charge in [0.15, 0.2) is 5.82 Å². The summed E-state index contributed by atoms with van der Waals surface area (Å²) in [6.07, 6.45) is -3.62. The molecular weight excluding hydrogens is 508 g/mol. The fourth-order valence-electron chi connectivity index (χ4n) is 4.31. The SMILES string of the molecule is CC(Nc1nc(N)nc(N)c1Cl)c1nc2cccc(Cl)c2c(=O)n1C1CCN(CC(F)(F)F)CC1. The number of hydrogen-bond acceptors (Lipinski definition) is 8. The van der Waals surface area contributed by atoms with Gasteiger partial charge in [0.2, 0.25) is 5.95 Å². The maximum absolute atomic E-state index is 13.6. The fourth-order valence-corrected chi connectivity index (χ4v) is 4.70. The van der Waals surface area contributed by atoms with E-state index in [1.54, 1.807) is 25.1 Å². The predicted molar refractivity (Wildman–Crippen MR) is 130 cm³/mol. The molecule has 1 aromatic carbocycles. The van der Waals surface area contributed by atoms with E-state index in [2.05, 4.69) is 15.3 Å². The molecule has 14 heteroatoms. The molecule has 1 saturated heterocycles. The minimum absolute atomic E-state index is 0.0125. The highest BCUT2D eigenvalue weighted by Crippen LogP contribution is 2.32. The van der Waals surface area contributed by atoms with Gasteiger partial charge in [-0.25, -0.2) is 4.98 Å². The van der Waals surface area contributed by atoms with Crippen molar-refractivity contribution in [1.29, 1.82) is 0 Å². The van der Waals surface area contributed by atoms with Gasteiger partial charge in [0.25, 0.3) is 5.56 Å². The second kappa shape index (κ2) is 9.67. The number of nitrogen functional groups attached to an aromatic ring is 2. The lowest BCUT2D eigenvalue weighted by Gasteiger charge is -2.34. The molecule has 5 N–H and O–H groups in total. The van der Waals surface area contributed by atoms with Gasteiger partial charge in [-0.1, -0.05) is 29.3 Å². The summed E-state index contributed by atoms with van der Waals surface area (Å²) in [7, 11) is 0. The number of anilines is 3. The molecule has 2 aromatic heterocycles. The normalized spacial score (nSPS) is 16.5. The number of benzene rings is 1. The standard InChI is InChI=1S/C21H23Cl2F3N8O/c1-10(29-17-15(23)16(27)31-20(28)32-17)18-30-13-4-2-3-12(22)14(13)19(35)34(18)11-5-7-33(8-6-11)9-21(24,25)26/h2-4,10-11H,5-9H2,1H3,(H5,27,28,29,31,32). The first-order chi connectivity index (χ1) is 16.4. The van der Waals surface area contributed by atoms with Crippen LogP contribution in [-0.2, 0) is 0 Å². The Morgan fingerprint density at radius 2 is 1.86 bits per heavy atom. The number of fused-ring (bicyclic) bond motifs is 1. The Hall–Kier alpha value is -2.83. The summed E-state index contributed by atoms with van der Waals surface area (Å²) in [5.41, 5.74) is 11.5. The Bertz CT molecular complexity index is 1310. The molecule has 1 aliphatic rings. The highest BCUT2D eigenvalue weighted by Gasteiger charge is 2.34. The number of rotatable bonds is 5. The highest BCUT2D eigenvalue weighted by atomic mass is 35.5. The largest absolute Gasteiger partial charge is 0.401 e. The van der Waals surface area contributed by atoms with E-state index < -0.39 is 18.8 Å². The Morgan fingerprint density at radius 1 is 1.17 bits per heavy atom. The van der Waals surface area contributed by atoms with Crippen molar-refractivity contribution in [2.75, 3.05) is 36.4 Å². The van der Waals surface area contributed by atoms with E-state index >= 15 is 0 Å². The summed E-state index contributed by atoms with van der Waals surface area (Å²) in [4.78, 5) is 27.5. The third kappa shape index (κ3) is 5.39. The van der Waals surface area contributed by atoms with E-state index in [1.165, 1.54) is 9.47 Å². The van der Waals surface area contributed by atoms with Crippen LogP contribution in [0.1, 0.15) is 37.7 Å². The predicted octanol–water partition coefficient (Wildman–Crippen LogP) is 4.03. The van der Waals surface area contributed by atoms with Gasteiger partial charge < -0.3 is 16.8 Å². The van der Waals surface area contributed by atoms with Crippen molar-refractivity contribution in [1.82, 2.24) is 24.4 Å². The van der Waals surface area contributed by atoms with Crippen LogP contribution in [0.25, 0.3) is 10.9 Å². The zero-order valence-electron chi connectivity index (χ0n) is 18.6. The zero-order valence-corrected chi connectivity index (χ0v) is 20.1. The summed E-state index contributed by atoms with van der Waals surface area (Å²) < 4.78 is 40.0. The van der Waals surface area contributed by atoms with Gasteiger partial charge in [-0.2, -0.15) is 23.1 Å². The molecule has 4 rings (SSSR count). The lowest BCUT2D eigenvalue weighted by atomic mass is 10.0. The molecule has 1 aliphatic heterocycles. The second-order valence-corrected chi connectivity index (χ2v) is 9.18. The molecule has 9 nitrogen and oxygen atoms in total. The number of nitrogens with zero attached hydrogens (tertiary/aromatic N) is 5. The van der Waals surface area contributed by atoms with Crippen molar-refractivity contribution < 1.29 is 13.2 Å². The van der Waals surface area contributed by atoms with Crippen LogP contribution < -0.4 is 22.3 Å². The molecule has 3 heterocycles. The van der Waals surface area contributed by atoms with E-state index in [1.807, 2.05) is 0 Å². The monoisotopic (exact) mass is 530 g/mol. The number of hydrogen-bond donors (Lipinski definition) is 3. The first-order valence-corrected chi connectivity index (χ1v) is 11.5. The molecule has 0 saturated carbocycles. The summed E-state index contributed by atoms with van der Waals surface area (Å²) in [5, 5.41) is 3.63. The third-order valence-corrected chi connectivity index (χ3v) is 6.55. The fraction of sp³-hybridized carbons (Fsp3) is 0.429. The zero-order chi connectivity index (χ0) is 25.5. The average Bonchev–Trinajstić information content (AvgIpc) is 2.76. The minimum Gasteiger partial charge on any atom is -0.382 e. The van der Waals surface area contributed by atoms with Crippen LogP contribution in [0, 0.1) is 0 Å². The average molecular weight is 531 g/mol. The number of piperidine rings is 1. The summed E-state index contributed by atoms with van der Waals surface area (Å²) in [6.45, 7) is 1.13. The Labute approximate surface area is 208 Å². The van der Waals surface area contributed by atoms with Gasteiger partial charge >= 0.3 is 6.18 Å². The molecule has 0 amide bonds. The van der Waals surface area contributed by atoms with Crippen LogP contribution in [0.2, 0.25) is 10.0 Å². The highest BCUT2D eigenvalue weighted by molar-refractivity contribution is 6.35. The molecule has 35 heavy (non-hydrogen) atoms. The van der Waals surface area contributed by atoms with Crippen LogP contribution in [-0.4, -0.2) is 50.2 Å². The van der Waals surface area contributed by atoms with Crippen molar-refractivity contribution in [3.63, 3.8) is 0 Å². The third-order valence-electron chi connectivity index (χ3n) is 5.87. The van der Waals surface area contributed by atoms with Crippen molar-refractivity contribution in [3.8, 4) is 0 Å².